The SMILES string of the molecule is O=C(Cc1ccc2ccccc2c1)Nc1nc2c(Br)cccc2s1. The minimum atomic E-state index is -0.0551. The number of hydrogen-bond acceptors (Lipinski definition) is 3. The van der Waals surface area contributed by atoms with E-state index >= 15 is 0 Å². The molecule has 4 aromatic rings. The van der Waals surface area contributed by atoms with E-state index in [1.807, 2.05) is 42.5 Å². The topological polar surface area (TPSA) is 42.0 Å². The predicted molar refractivity (Wildman–Crippen MR) is 104 cm³/mol. The van der Waals surface area contributed by atoms with Crippen LogP contribution < -0.4 is 5.32 Å². The van der Waals surface area contributed by atoms with Crippen LogP contribution in [0.2, 0.25) is 0 Å². The number of amides is 1. The zero-order valence-corrected chi connectivity index (χ0v) is 15.0. The fourth-order valence-corrected chi connectivity index (χ4v) is 4.16. The third-order valence-electron chi connectivity index (χ3n) is 3.79. The number of benzene rings is 3. The number of thiazole rings is 1. The summed E-state index contributed by atoms with van der Waals surface area (Å²) in [5, 5.41) is 5.85. The lowest BCUT2D eigenvalue weighted by molar-refractivity contribution is -0.115. The first-order valence-electron chi connectivity index (χ1n) is 7.52. The lowest BCUT2D eigenvalue weighted by Crippen LogP contribution is -2.14. The molecule has 1 aromatic heterocycles. The van der Waals surface area contributed by atoms with Gasteiger partial charge in [0.05, 0.1) is 16.6 Å². The van der Waals surface area contributed by atoms with E-state index in [1.54, 1.807) is 0 Å². The van der Waals surface area contributed by atoms with Crippen molar-refractivity contribution in [3.63, 3.8) is 0 Å². The van der Waals surface area contributed by atoms with E-state index in [-0.39, 0.29) is 5.91 Å². The van der Waals surface area contributed by atoms with E-state index in [4.69, 9.17) is 0 Å². The Morgan fingerprint density at radius 3 is 2.71 bits per heavy atom. The standard InChI is InChI=1S/C19H13BrN2OS/c20-15-6-3-7-16-18(15)22-19(24-16)21-17(23)11-12-8-9-13-4-1-2-5-14(13)10-12/h1-10H,11H2,(H,21,22,23). The fraction of sp³-hybridized carbons (Fsp3) is 0.0526. The molecular formula is C19H13BrN2OS. The summed E-state index contributed by atoms with van der Waals surface area (Å²) < 4.78 is 1.98. The highest BCUT2D eigenvalue weighted by molar-refractivity contribution is 9.10. The Labute approximate surface area is 151 Å². The molecule has 0 atom stereocenters. The highest BCUT2D eigenvalue weighted by atomic mass is 79.9. The highest BCUT2D eigenvalue weighted by Gasteiger charge is 2.10. The summed E-state index contributed by atoms with van der Waals surface area (Å²) in [5.41, 5.74) is 1.87. The molecule has 0 unspecified atom stereocenters. The molecule has 118 valence electrons. The average molecular weight is 397 g/mol. The van der Waals surface area contributed by atoms with Gasteiger partial charge < -0.3 is 5.32 Å². The van der Waals surface area contributed by atoms with Gasteiger partial charge in [-0.05, 0) is 44.4 Å². The summed E-state index contributed by atoms with van der Waals surface area (Å²) in [5.74, 6) is -0.0551. The fourth-order valence-electron chi connectivity index (χ4n) is 2.67. The van der Waals surface area contributed by atoms with Gasteiger partial charge in [0.1, 0.15) is 0 Å². The maximum atomic E-state index is 12.3. The van der Waals surface area contributed by atoms with Crippen molar-refractivity contribution in [1.29, 1.82) is 0 Å². The van der Waals surface area contributed by atoms with Gasteiger partial charge in [-0.25, -0.2) is 4.98 Å². The Morgan fingerprint density at radius 2 is 1.88 bits per heavy atom. The summed E-state index contributed by atoms with van der Waals surface area (Å²) in [4.78, 5) is 16.8. The molecule has 3 nitrogen and oxygen atoms in total. The normalized spacial score (nSPS) is 11.0. The van der Waals surface area contributed by atoms with E-state index < -0.39 is 0 Å². The molecule has 0 spiro atoms. The van der Waals surface area contributed by atoms with Gasteiger partial charge in [-0.3, -0.25) is 4.79 Å². The molecule has 1 amide bonds. The number of nitrogens with one attached hydrogen (secondary N) is 1. The molecule has 1 N–H and O–H groups in total. The molecule has 0 bridgehead atoms. The molecular weight excluding hydrogens is 384 g/mol. The first-order chi connectivity index (χ1) is 11.7. The Bertz CT molecular complexity index is 1060. The van der Waals surface area contributed by atoms with Gasteiger partial charge in [0, 0.05) is 4.47 Å². The maximum absolute atomic E-state index is 12.3. The van der Waals surface area contributed by atoms with E-state index in [0.29, 0.717) is 11.6 Å². The number of carbonyl (C=O) groups is 1. The van der Waals surface area contributed by atoms with Gasteiger partial charge in [-0.1, -0.05) is 59.9 Å². The largest absolute Gasteiger partial charge is 0.302 e. The Morgan fingerprint density at radius 1 is 1.04 bits per heavy atom. The third-order valence-corrected chi connectivity index (χ3v) is 5.37. The highest BCUT2D eigenvalue weighted by Crippen LogP contribution is 2.30. The summed E-state index contributed by atoms with van der Waals surface area (Å²) in [6.07, 6.45) is 0.335. The second kappa shape index (κ2) is 6.34. The zero-order valence-electron chi connectivity index (χ0n) is 12.6. The van der Waals surface area contributed by atoms with E-state index in [2.05, 4.69) is 44.4 Å². The van der Waals surface area contributed by atoms with Crippen molar-refractivity contribution in [2.24, 2.45) is 0 Å². The summed E-state index contributed by atoms with van der Waals surface area (Å²) in [7, 11) is 0. The molecule has 24 heavy (non-hydrogen) atoms. The van der Waals surface area contributed by atoms with Crippen LogP contribution in [0.25, 0.3) is 21.0 Å². The molecule has 5 heteroatoms. The molecule has 0 radical (unpaired) electrons. The molecule has 0 aliphatic heterocycles. The molecule has 0 fully saturated rings. The summed E-state index contributed by atoms with van der Waals surface area (Å²) >= 11 is 4.96. The van der Waals surface area contributed by atoms with Crippen LogP contribution in [0.5, 0.6) is 0 Å². The number of aromatic nitrogens is 1. The molecule has 4 rings (SSSR count). The van der Waals surface area contributed by atoms with Crippen molar-refractivity contribution < 1.29 is 4.79 Å². The third kappa shape index (κ3) is 3.05. The van der Waals surface area contributed by atoms with Gasteiger partial charge >= 0.3 is 0 Å². The molecule has 0 saturated heterocycles. The van der Waals surface area contributed by atoms with Crippen LogP contribution in [-0.4, -0.2) is 10.9 Å². The molecule has 3 aromatic carbocycles. The Hall–Kier alpha value is -2.24. The van der Waals surface area contributed by atoms with Gasteiger partial charge in [0.25, 0.3) is 0 Å². The first kappa shape index (κ1) is 15.3. The zero-order chi connectivity index (χ0) is 16.5. The minimum absolute atomic E-state index is 0.0551. The van der Waals surface area contributed by atoms with Gasteiger partial charge in [-0.15, -0.1) is 0 Å². The van der Waals surface area contributed by atoms with Crippen LogP contribution in [-0.2, 0) is 11.2 Å². The monoisotopic (exact) mass is 396 g/mol. The second-order valence-electron chi connectivity index (χ2n) is 5.51. The van der Waals surface area contributed by atoms with Gasteiger partial charge in [0.2, 0.25) is 5.91 Å². The van der Waals surface area contributed by atoms with Crippen LogP contribution >= 0.6 is 27.3 Å². The van der Waals surface area contributed by atoms with Gasteiger partial charge in [0.15, 0.2) is 5.13 Å². The van der Waals surface area contributed by atoms with Gasteiger partial charge in [-0.2, -0.15) is 0 Å². The number of anilines is 1. The number of nitrogens with zero attached hydrogens (tertiary/aromatic N) is 1. The number of carbonyl (C=O) groups excluding carboxylic acids is 1. The molecule has 0 aliphatic rings. The average Bonchev–Trinajstić information content (AvgIpc) is 2.98. The predicted octanol–water partition coefficient (Wildman–Crippen LogP) is 5.39. The van der Waals surface area contributed by atoms with E-state index in [9.17, 15) is 4.79 Å². The molecule has 0 aliphatic carbocycles. The molecule has 1 heterocycles. The summed E-state index contributed by atoms with van der Waals surface area (Å²) in [6.45, 7) is 0. The van der Waals surface area contributed by atoms with Crippen LogP contribution in [0.15, 0.2) is 65.1 Å². The van der Waals surface area contributed by atoms with Crippen molar-refractivity contribution >= 4 is 59.3 Å². The van der Waals surface area contributed by atoms with Crippen molar-refractivity contribution in [2.45, 2.75) is 6.42 Å². The van der Waals surface area contributed by atoms with Crippen LogP contribution in [0.4, 0.5) is 5.13 Å². The number of para-hydroxylation sites is 1. The maximum Gasteiger partial charge on any atom is 0.230 e. The van der Waals surface area contributed by atoms with E-state index in [1.165, 1.54) is 16.7 Å². The van der Waals surface area contributed by atoms with Crippen molar-refractivity contribution in [2.75, 3.05) is 5.32 Å². The minimum Gasteiger partial charge on any atom is -0.302 e. The Balaban J connectivity index is 1.53. The van der Waals surface area contributed by atoms with Crippen molar-refractivity contribution in [3.8, 4) is 0 Å². The number of hydrogen-bond donors (Lipinski definition) is 1. The van der Waals surface area contributed by atoms with Crippen LogP contribution in [0.3, 0.4) is 0 Å². The Kier molecular flexibility index (Phi) is 4.04. The van der Waals surface area contributed by atoms with Crippen LogP contribution in [0.1, 0.15) is 5.56 Å². The quantitative estimate of drug-likeness (QED) is 0.504. The second-order valence-corrected chi connectivity index (χ2v) is 7.40. The van der Waals surface area contributed by atoms with Crippen LogP contribution in [0, 0.1) is 0 Å². The number of halogens is 1. The lowest BCUT2D eigenvalue weighted by Gasteiger charge is -2.04. The molecule has 0 saturated carbocycles. The van der Waals surface area contributed by atoms with Crippen molar-refractivity contribution in [1.82, 2.24) is 4.98 Å². The lowest BCUT2D eigenvalue weighted by atomic mass is 10.1. The smallest absolute Gasteiger partial charge is 0.230 e. The van der Waals surface area contributed by atoms with Crippen molar-refractivity contribution in [3.05, 3.63) is 70.7 Å². The first-order valence-corrected chi connectivity index (χ1v) is 9.12. The number of rotatable bonds is 3. The number of fused-ring (bicyclic) bond motifs is 2. The summed E-state index contributed by atoms with van der Waals surface area (Å²) in [6, 6.07) is 20.2. The van der Waals surface area contributed by atoms with E-state index in [0.717, 1.165) is 25.6 Å².